The van der Waals surface area contributed by atoms with Crippen molar-refractivity contribution < 1.29 is 18.0 Å². The van der Waals surface area contributed by atoms with E-state index in [2.05, 4.69) is 5.32 Å². The third-order valence-corrected chi connectivity index (χ3v) is 4.23. The van der Waals surface area contributed by atoms with Crippen molar-refractivity contribution in [3.63, 3.8) is 0 Å². The average molecular weight is 338 g/mol. The van der Waals surface area contributed by atoms with Gasteiger partial charge >= 0.3 is 0 Å². The van der Waals surface area contributed by atoms with Crippen LogP contribution in [0.25, 0.3) is 0 Å². The van der Waals surface area contributed by atoms with Gasteiger partial charge in [-0.1, -0.05) is 30.3 Å². The topological polar surface area (TPSA) is 80.3 Å². The van der Waals surface area contributed by atoms with Gasteiger partial charge in [0.15, 0.2) is 5.78 Å². The van der Waals surface area contributed by atoms with Crippen LogP contribution in [-0.4, -0.2) is 20.1 Å². The van der Waals surface area contributed by atoms with Crippen molar-refractivity contribution in [2.24, 2.45) is 0 Å². The average Bonchev–Trinajstić information content (AvgIpc) is 2.45. The van der Waals surface area contributed by atoms with E-state index in [9.17, 15) is 18.0 Å². The zero-order chi connectivity index (χ0) is 16.3. The lowest BCUT2D eigenvalue weighted by molar-refractivity contribution is -0.114. The van der Waals surface area contributed by atoms with Crippen molar-refractivity contribution in [1.82, 2.24) is 0 Å². The molecule has 22 heavy (non-hydrogen) atoms. The molecule has 0 bridgehead atoms. The first-order valence-corrected chi connectivity index (χ1v) is 8.56. The molecule has 2 aromatic rings. The van der Waals surface area contributed by atoms with E-state index in [-0.39, 0.29) is 21.9 Å². The number of benzene rings is 2. The van der Waals surface area contributed by atoms with Gasteiger partial charge in [-0.15, -0.1) is 0 Å². The number of rotatable bonds is 4. The Balaban J connectivity index is 2.51. The Labute approximate surface area is 132 Å². The molecule has 0 unspecified atom stereocenters. The molecule has 0 spiro atoms. The van der Waals surface area contributed by atoms with E-state index in [1.807, 2.05) is 0 Å². The van der Waals surface area contributed by atoms with Crippen molar-refractivity contribution >= 4 is 37.1 Å². The monoisotopic (exact) mass is 337 g/mol. The summed E-state index contributed by atoms with van der Waals surface area (Å²) >= 11 is 0. The standard InChI is InChI=1S/C15H12ClNO4S/c1-10(18)17-13-9-12(7-8-14(13)22(16,20)21)15(19)11-5-3-2-4-6-11/h2-9H,1H3,(H,17,18). The molecule has 0 heterocycles. The van der Waals surface area contributed by atoms with Crippen molar-refractivity contribution in [2.45, 2.75) is 11.8 Å². The van der Waals surface area contributed by atoms with Crippen LogP contribution in [0.2, 0.25) is 0 Å². The van der Waals surface area contributed by atoms with Gasteiger partial charge in [0.2, 0.25) is 5.91 Å². The summed E-state index contributed by atoms with van der Waals surface area (Å²) in [6, 6.07) is 12.4. The van der Waals surface area contributed by atoms with Gasteiger partial charge in [-0.2, -0.15) is 0 Å². The lowest BCUT2D eigenvalue weighted by Gasteiger charge is -2.09. The first-order valence-electron chi connectivity index (χ1n) is 6.25. The SMILES string of the molecule is CC(=O)Nc1cc(C(=O)c2ccccc2)ccc1S(=O)(=O)Cl. The molecule has 0 aliphatic carbocycles. The Morgan fingerprint density at radius 1 is 1.00 bits per heavy atom. The molecule has 0 atom stereocenters. The molecule has 114 valence electrons. The van der Waals surface area contributed by atoms with Crippen LogP contribution in [0.5, 0.6) is 0 Å². The highest BCUT2D eigenvalue weighted by Gasteiger charge is 2.19. The number of carbonyl (C=O) groups excluding carboxylic acids is 2. The number of hydrogen-bond acceptors (Lipinski definition) is 4. The highest BCUT2D eigenvalue weighted by Crippen LogP contribution is 2.27. The van der Waals surface area contributed by atoms with Gasteiger partial charge in [-0.05, 0) is 18.2 Å². The highest BCUT2D eigenvalue weighted by atomic mass is 35.7. The van der Waals surface area contributed by atoms with Gasteiger partial charge < -0.3 is 5.32 Å². The van der Waals surface area contributed by atoms with Crippen LogP contribution >= 0.6 is 10.7 Å². The third-order valence-electron chi connectivity index (χ3n) is 2.85. The molecular weight excluding hydrogens is 326 g/mol. The van der Waals surface area contributed by atoms with Gasteiger partial charge in [0.05, 0.1) is 5.69 Å². The fraction of sp³-hybridized carbons (Fsp3) is 0.0667. The minimum atomic E-state index is -4.04. The zero-order valence-electron chi connectivity index (χ0n) is 11.5. The van der Waals surface area contributed by atoms with Crippen LogP contribution in [0.1, 0.15) is 22.8 Å². The maximum atomic E-state index is 12.4. The predicted octanol–water partition coefficient (Wildman–Crippen LogP) is 2.80. The second-order valence-electron chi connectivity index (χ2n) is 4.53. The summed E-state index contributed by atoms with van der Waals surface area (Å²) < 4.78 is 23.0. The van der Waals surface area contributed by atoms with Gasteiger partial charge in [0.25, 0.3) is 9.05 Å². The normalized spacial score (nSPS) is 11.0. The van der Waals surface area contributed by atoms with E-state index < -0.39 is 15.0 Å². The lowest BCUT2D eigenvalue weighted by Crippen LogP contribution is -2.11. The first kappa shape index (κ1) is 16.2. The number of halogens is 1. The predicted molar refractivity (Wildman–Crippen MR) is 83.7 cm³/mol. The molecule has 0 aliphatic rings. The van der Waals surface area contributed by atoms with Crippen LogP contribution in [0.4, 0.5) is 5.69 Å². The van der Waals surface area contributed by atoms with E-state index in [1.54, 1.807) is 30.3 Å². The molecule has 2 aromatic carbocycles. The van der Waals surface area contributed by atoms with Crippen molar-refractivity contribution in [2.75, 3.05) is 5.32 Å². The highest BCUT2D eigenvalue weighted by molar-refractivity contribution is 8.13. The first-order chi connectivity index (χ1) is 10.3. The molecule has 0 fully saturated rings. The van der Waals surface area contributed by atoms with Crippen molar-refractivity contribution in [1.29, 1.82) is 0 Å². The minimum absolute atomic E-state index is 0.0238. The van der Waals surface area contributed by atoms with Crippen LogP contribution in [0.15, 0.2) is 53.4 Å². The Kier molecular flexibility index (Phi) is 4.63. The third kappa shape index (κ3) is 3.72. The molecule has 0 saturated heterocycles. The maximum absolute atomic E-state index is 12.4. The number of amides is 1. The van der Waals surface area contributed by atoms with E-state index in [1.165, 1.54) is 25.1 Å². The fourth-order valence-corrected chi connectivity index (χ4v) is 2.93. The largest absolute Gasteiger partial charge is 0.325 e. The Hall–Kier alpha value is -2.18. The van der Waals surface area contributed by atoms with E-state index in [0.29, 0.717) is 5.56 Å². The maximum Gasteiger partial charge on any atom is 0.263 e. The summed E-state index contributed by atoms with van der Waals surface area (Å²) in [6.07, 6.45) is 0. The summed E-state index contributed by atoms with van der Waals surface area (Å²) in [5.74, 6) is -0.753. The number of hydrogen-bond donors (Lipinski definition) is 1. The van der Waals surface area contributed by atoms with Crippen LogP contribution < -0.4 is 5.32 Å². The Bertz CT molecular complexity index is 832. The molecule has 5 nitrogen and oxygen atoms in total. The summed E-state index contributed by atoms with van der Waals surface area (Å²) in [4.78, 5) is 23.3. The number of anilines is 1. The zero-order valence-corrected chi connectivity index (χ0v) is 13.1. The van der Waals surface area contributed by atoms with E-state index in [0.717, 1.165) is 0 Å². The summed E-state index contributed by atoms with van der Waals surface area (Å²) in [5, 5.41) is 2.37. The van der Waals surface area contributed by atoms with E-state index >= 15 is 0 Å². The van der Waals surface area contributed by atoms with Gasteiger partial charge in [-0.3, -0.25) is 9.59 Å². The van der Waals surface area contributed by atoms with Gasteiger partial charge in [0.1, 0.15) is 4.90 Å². The molecule has 0 radical (unpaired) electrons. The number of ketones is 1. The van der Waals surface area contributed by atoms with Crippen molar-refractivity contribution in [3.8, 4) is 0 Å². The Morgan fingerprint density at radius 3 is 2.18 bits per heavy atom. The Morgan fingerprint density at radius 2 is 1.64 bits per heavy atom. The fourth-order valence-electron chi connectivity index (χ4n) is 1.93. The van der Waals surface area contributed by atoms with E-state index in [4.69, 9.17) is 10.7 Å². The summed E-state index contributed by atoms with van der Waals surface area (Å²) in [6.45, 7) is 1.23. The smallest absolute Gasteiger partial charge is 0.263 e. The van der Waals surface area contributed by atoms with Crippen LogP contribution in [0, 0.1) is 0 Å². The second kappa shape index (κ2) is 6.29. The summed E-state index contributed by atoms with van der Waals surface area (Å²) in [7, 11) is 1.29. The van der Waals surface area contributed by atoms with Gasteiger partial charge in [0, 0.05) is 28.7 Å². The molecule has 0 saturated carbocycles. The van der Waals surface area contributed by atoms with Gasteiger partial charge in [-0.25, -0.2) is 8.42 Å². The molecule has 1 N–H and O–H groups in total. The molecule has 0 aliphatic heterocycles. The second-order valence-corrected chi connectivity index (χ2v) is 7.06. The molecule has 0 aromatic heterocycles. The summed E-state index contributed by atoms with van der Waals surface area (Å²) in [5.41, 5.74) is 0.682. The minimum Gasteiger partial charge on any atom is -0.325 e. The lowest BCUT2D eigenvalue weighted by atomic mass is 10.0. The molecule has 2 rings (SSSR count). The number of carbonyl (C=O) groups is 2. The molecular formula is C15H12ClNO4S. The molecule has 7 heteroatoms. The molecule has 1 amide bonds. The number of nitrogens with one attached hydrogen (secondary N) is 1. The van der Waals surface area contributed by atoms with Crippen LogP contribution in [0.3, 0.4) is 0 Å². The van der Waals surface area contributed by atoms with Crippen molar-refractivity contribution in [3.05, 3.63) is 59.7 Å². The quantitative estimate of drug-likeness (QED) is 0.687. The van der Waals surface area contributed by atoms with Crippen LogP contribution in [-0.2, 0) is 13.8 Å².